The molecular weight excluding hydrogens is 262 g/mol. The third-order valence-electron chi connectivity index (χ3n) is 4.14. The molecular formula is C18H23NO2. The number of rotatable bonds is 6. The van der Waals surface area contributed by atoms with E-state index in [0.29, 0.717) is 19.3 Å². The molecule has 0 amide bonds. The number of anilines is 1. The minimum atomic E-state index is -0.468. The maximum absolute atomic E-state index is 10.1. The van der Waals surface area contributed by atoms with Crippen LogP contribution in [0.15, 0.2) is 42.5 Å². The van der Waals surface area contributed by atoms with E-state index in [2.05, 4.69) is 23.5 Å². The Morgan fingerprint density at radius 2 is 1.86 bits per heavy atom. The summed E-state index contributed by atoms with van der Waals surface area (Å²) in [6, 6.07) is 14.4. The Morgan fingerprint density at radius 3 is 2.71 bits per heavy atom. The zero-order valence-electron chi connectivity index (χ0n) is 12.3. The van der Waals surface area contributed by atoms with Crippen molar-refractivity contribution in [2.24, 2.45) is 0 Å². The van der Waals surface area contributed by atoms with Crippen molar-refractivity contribution < 1.29 is 9.84 Å². The van der Waals surface area contributed by atoms with Crippen molar-refractivity contribution in [2.45, 2.75) is 37.9 Å². The van der Waals surface area contributed by atoms with Crippen LogP contribution in [-0.2, 0) is 4.74 Å². The van der Waals surface area contributed by atoms with E-state index in [4.69, 9.17) is 4.74 Å². The third kappa shape index (κ3) is 3.74. The van der Waals surface area contributed by atoms with E-state index < -0.39 is 6.10 Å². The highest BCUT2D eigenvalue weighted by Gasteiger charge is 2.16. The van der Waals surface area contributed by atoms with E-state index in [9.17, 15) is 5.11 Å². The summed E-state index contributed by atoms with van der Waals surface area (Å²) in [4.78, 5) is 0. The predicted molar refractivity (Wildman–Crippen MR) is 86.7 cm³/mol. The maximum Gasteiger partial charge on any atom is 0.0945 e. The molecule has 21 heavy (non-hydrogen) atoms. The monoisotopic (exact) mass is 285 g/mol. The van der Waals surface area contributed by atoms with E-state index in [-0.39, 0.29) is 0 Å². The normalized spacial score (nSPS) is 17.2. The summed E-state index contributed by atoms with van der Waals surface area (Å²) in [7, 11) is 0. The number of fused-ring (bicyclic) bond motifs is 1. The van der Waals surface area contributed by atoms with Crippen LogP contribution >= 0.6 is 0 Å². The smallest absolute Gasteiger partial charge is 0.0945 e. The van der Waals surface area contributed by atoms with E-state index in [1.807, 2.05) is 24.3 Å². The molecule has 2 N–H and O–H groups in total. The van der Waals surface area contributed by atoms with Gasteiger partial charge in [-0.3, -0.25) is 0 Å². The van der Waals surface area contributed by atoms with Crippen molar-refractivity contribution in [3.8, 4) is 0 Å². The molecule has 3 rings (SSSR count). The number of aliphatic hydroxyl groups excluding tert-OH is 1. The van der Waals surface area contributed by atoms with Crippen LogP contribution in [0.5, 0.6) is 0 Å². The average Bonchev–Trinajstić information content (AvgIpc) is 3.04. The van der Waals surface area contributed by atoms with Gasteiger partial charge in [-0.25, -0.2) is 0 Å². The Hall–Kier alpha value is -1.58. The second-order valence-corrected chi connectivity index (χ2v) is 5.80. The van der Waals surface area contributed by atoms with Crippen molar-refractivity contribution in [2.75, 3.05) is 18.5 Å². The lowest BCUT2D eigenvalue weighted by molar-refractivity contribution is -0.00116. The summed E-state index contributed by atoms with van der Waals surface area (Å²) >= 11 is 0. The van der Waals surface area contributed by atoms with Gasteiger partial charge in [-0.1, -0.05) is 49.2 Å². The molecule has 2 aromatic rings. The average molecular weight is 285 g/mol. The molecule has 2 aromatic carbocycles. The van der Waals surface area contributed by atoms with Crippen LogP contribution in [0.25, 0.3) is 10.8 Å². The molecule has 0 bridgehead atoms. The Morgan fingerprint density at radius 1 is 1.10 bits per heavy atom. The van der Waals surface area contributed by atoms with Crippen LogP contribution in [-0.4, -0.2) is 30.5 Å². The van der Waals surface area contributed by atoms with Gasteiger partial charge in [-0.2, -0.15) is 0 Å². The SMILES string of the molecule is OC(CNc1cccc2ccccc12)COC1CCCC1. The van der Waals surface area contributed by atoms with Crippen molar-refractivity contribution in [1.82, 2.24) is 0 Å². The Bertz CT molecular complexity index is 573. The van der Waals surface area contributed by atoms with Gasteiger partial charge in [0, 0.05) is 17.6 Å². The first kappa shape index (κ1) is 14.4. The fraction of sp³-hybridized carbons (Fsp3) is 0.444. The summed E-state index contributed by atoms with van der Waals surface area (Å²) in [5.74, 6) is 0. The van der Waals surface area contributed by atoms with E-state index in [1.54, 1.807) is 0 Å². The van der Waals surface area contributed by atoms with Crippen LogP contribution in [0.3, 0.4) is 0 Å². The van der Waals surface area contributed by atoms with Gasteiger partial charge < -0.3 is 15.2 Å². The molecule has 0 aliphatic heterocycles. The minimum Gasteiger partial charge on any atom is -0.389 e. The van der Waals surface area contributed by atoms with E-state index in [0.717, 1.165) is 18.5 Å². The summed E-state index contributed by atoms with van der Waals surface area (Å²) in [5, 5.41) is 15.8. The molecule has 0 saturated heterocycles. The topological polar surface area (TPSA) is 41.5 Å². The lowest BCUT2D eigenvalue weighted by Gasteiger charge is -2.17. The molecule has 1 saturated carbocycles. The maximum atomic E-state index is 10.1. The lowest BCUT2D eigenvalue weighted by Crippen LogP contribution is -2.27. The van der Waals surface area contributed by atoms with Crippen molar-refractivity contribution in [3.63, 3.8) is 0 Å². The first-order valence-electron chi connectivity index (χ1n) is 7.84. The molecule has 0 radical (unpaired) electrons. The van der Waals surface area contributed by atoms with Crippen molar-refractivity contribution in [3.05, 3.63) is 42.5 Å². The quantitative estimate of drug-likeness (QED) is 0.852. The Balaban J connectivity index is 1.53. The third-order valence-corrected chi connectivity index (χ3v) is 4.14. The molecule has 1 fully saturated rings. The van der Waals surface area contributed by atoms with E-state index >= 15 is 0 Å². The van der Waals surface area contributed by atoms with Gasteiger partial charge in [0.2, 0.25) is 0 Å². The molecule has 1 atom stereocenters. The fourth-order valence-electron chi connectivity index (χ4n) is 2.97. The van der Waals surface area contributed by atoms with Gasteiger partial charge in [0.15, 0.2) is 0 Å². The van der Waals surface area contributed by atoms with Gasteiger partial charge in [0.05, 0.1) is 18.8 Å². The summed E-state index contributed by atoms with van der Waals surface area (Å²) in [6.45, 7) is 0.934. The Kier molecular flexibility index (Phi) is 4.73. The second kappa shape index (κ2) is 6.92. The number of hydrogen-bond donors (Lipinski definition) is 2. The molecule has 3 nitrogen and oxygen atoms in total. The molecule has 3 heteroatoms. The summed E-state index contributed by atoms with van der Waals surface area (Å²) < 4.78 is 5.75. The zero-order chi connectivity index (χ0) is 14.5. The van der Waals surface area contributed by atoms with Crippen LogP contribution < -0.4 is 5.32 Å². The van der Waals surface area contributed by atoms with Gasteiger partial charge in [0.25, 0.3) is 0 Å². The molecule has 1 unspecified atom stereocenters. The predicted octanol–water partition coefficient (Wildman–Crippen LogP) is 3.57. The van der Waals surface area contributed by atoms with Crippen LogP contribution in [0.4, 0.5) is 5.69 Å². The number of nitrogens with one attached hydrogen (secondary N) is 1. The number of benzene rings is 2. The van der Waals surface area contributed by atoms with Crippen molar-refractivity contribution >= 4 is 16.5 Å². The molecule has 1 aliphatic carbocycles. The minimum absolute atomic E-state index is 0.359. The number of hydrogen-bond acceptors (Lipinski definition) is 3. The van der Waals surface area contributed by atoms with Gasteiger partial charge in [0.1, 0.15) is 0 Å². The molecule has 1 aliphatic rings. The molecule has 0 aromatic heterocycles. The van der Waals surface area contributed by atoms with Crippen molar-refractivity contribution in [1.29, 1.82) is 0 Å². The van der Waals surface area contributed by atoms with Crippen LogP contribution in [0.2, 0.25) is 0 Å². The summed E-state index contributed by atoms with van der Waals surface area (Å²) in [6.07, 6.45) is 4.69. The standard InChI is InChI=1S/C18H23NO2/c20-15(13-21-16-8-2-3-9-16)12-19-18-11-5-7-14-6-1-4-10-17(14)18/h1,4-7,10-11,15-16,19-20H,2-3,8-9,12-13H2. The zero-order valence-corrected chi connectivity index (χ0v) is 12.3. The number of aliphatic hydroxyl groups is 1. The first-order valence-corrected chi connectivity index (χ1v) is 7.84. The largest absolute Gasteiger partial charge is 0.389 e. The second-order valence-electron chi connectivity index (χ2n) is 5.80. The lowest BCUT2D eigenvalue weighted by atomic mass is 10.1. The Labute approximate surface area is 125 Å². The molecule has 0 heterocycles. The van der Waals surface area contributed by atoms with Gasteiger partial charge >= 0.3 is 0 Å². The van der Waals surface area contributed by atoms with E-state index in [1.165, 1.54) is 23.6 Å². The number of ether oxygens (including phenoxy) is 1. The highest BCUT2D eigenvalue weighted by atomic mass is 16.5. The molecule has 0 spiro atoms. The highest BCUT2D eigenvalue weighted by molar-refractivity contribution is 5.93. The van der Waals surface area contributed by atoms with Crippen LogP contribution in [0, 0.1) is 0 Å². The fourth-order valence-corrected chi connectivity index (χ4v) is 2.97. The van der Waals surface area contributed by atoms with Gasteiger partial charge in [-0.05, 0) is 24.3 Å². The van der Waals surface area contributed by atoms with Gasteiger partial charge in [-0.15, -0.1) is 0 Å². The highest BCUT2D eigenvalue weighted by Crippen LogP contribution is 2.23. The van der Waals surface area contributed by atoms with Crippen LogP contribution in [0.1, 0.15) is 25.7 Å². The molecule has 112 valence electrons. The first-order chi connectivity index (χ1) is 10.3. The summed E-state index contributed by atoms with van der Waals surface area (Å²) in [5.41, 5.74) is 1.06.